The minimum atomic E-state index is -0.829. The molecule has 2 rings (SSSR count). The van der Waals surface area contributed by atoms with E-state index in [1.54, 1.807) is 0 Å². The Hall–Kier alpha value is -2.47. The number of rotatable bonds is 3. The van der Waals surface area contributed by atoms with Crippen LogP contribution in [0.5, 0.6) is 0 Å². The van der Waals surface area contributed by atoms with Crippen molar-refractivity contribution in [1.82, 2.24) is 4.98 Å². The molecule has 2 amide bonds. The predicted molar refractivity (Wildman–Crippen MR) is 76.9 cm³/mol. The van der Waals surface area contributed by atoms with Gasteiger partial charge in [-0.15, -0.1) is 0 Å². The number of para-hydroxylation sites is 1. The number of nitrogens with two attached hydrogens (primary N) is 1. The Kier molecular flexibility index (Phi) is 4.18. The zero-order valence-corrected chi connectivity index (χ0v) is 11.8. The van der Waals surface area contributed by atoms with E-state index < -0.39 is 17.6 Å². The standard InChI is InChI=1S/C14H11ClFN3O2/c1-19(14(21)8-5-6-18-7-10(8)15)12-9(13(17)20)3-2-4-11(12)16/h2-7H,1H3,(H2,17,20). The summed E-state index contributed by atoms with van der Waals surface area (Å²) in [5.74, 6) is -2.13. The summed E-state index contributed by atoms with van der Waals surface area (Å²) in [5, 5.41) is 0.131. The first-order valence-corrected chi connectivity index (χ1v) is 6.27. The second-order valence-electron chi connectivity index (χ2n) is 4.22. The maximum atomic E-state index is 14.0. The van der Waals surface area contributed by atoms with Gasteiger partial charge in [0.25, 0.3) is 11.8 Å². The molecule has 1 aromatic carbocycles. The van der Waals surface area contributed by atoms with Crippen molar-refractivity contribution in [2.75, 3.05) is 11.9 Å². The Bertz CT molecular complexity index is 721. The second-order valence-corrected chi connectivity index (χ2v) is 4.63. The number of amides is 2. The molecule has 1 aromatic heterocycles. The molecular formula is C14H11ClFN3O2. The zero-order chi connectivity index (χ0) is 15.6. The number of halogens is 2. The van der Waals surface area contributed by atoms with Gasteiger partial charge >= 0.3 is 0 Å². The molecule has 0 saturated heterocycles. The Morgan fingerprint density at radius 2 is 2.00 bits per heavy atom. The second kappa shape index (κ2) is 5.88. The molecule has 5 nitrogen and oxygen atoms in total. The number of hydrogen-bond acceptors (Lipinski definition) is 3. The normalized spacial score (nSPS) is 10.2. The molecule has 7 heteroatoms. The van der Waals surface area contributed by atoms with E-state index in [4.69, 9.17) is 17.3 Å². The van der Waals surface area contributed by atoms with Gasteiger partial charge < -0.3 is 10.6 Å². The third kappa shape index (κ3) is 2.85. The fourth-order valence-corrected chi connectivity index (χ4v) is 2.09. The Labute approximate surface area is 125 Å². The highest BCUT2D eigenvalue weighted by Gasteiger charge is 2.23. The van der Waals surface area contributed by atoms with E-state index >= 15 is 0 Å². The van der Waals surface area contributed by atoms with Gasteiger partial charge in [0, 0.05) is 19.4 Å². The first kappa shape index (κ1) is 14.9. The number of anilines is 1. The van der Waals surface area contributed by atoms with Crippen LogP contribution in [-0.2, 0) is 0 Å². The third-order valence-electron chi connectivity index (χ3n) is 2.90. The number of carbonyl (C=O) groups excluding carboxylic acids is 2. The fraction of sp³-hybridized carbons (Fsp3) is 0.0714. The minimum absolute atomic E-state index is 0.0870. The van der Waals surface area contributed by atoms with Gasteiger partial charge in [0.15, 0.2) is 0 Å². The smallest absolute Gasteiger partial charge is 0.259 e. The van der Waals surface area contributed by atoms with Crippen LogP contribution in [0.3, 0.4) is 0 Å². The van der Waals surface area contributed by atoms with Crippen LogP contribution >= 0.6 is 11.6 Å². The number of benzene rings is 1. The number of pyridine rings is 1. The fourth-order valence-electron chi connectivity index (χ4n) is 1.89. The van der Waals surface area contributed by atoms with Crippen LogP contribution in [0.1, 0.15) is 20.7 Å². The molecule has 0 aliphatic rings. The molecule has 0 aliphatic heterocycles. The molecule has 2 N–H and O–H groups in total. The molecular weight excluding hydrogens is 297 g/mol. The van der Waals surface area contributed by atoms with E-state index in [9.17, 15) is 14.0 Å². The molecule has 0 unspecified atom stereocenters. The summed E-state index contributed by atoms with van der Waals surface area (Å²) in [6.45, 7) is 0. The monoisotopic (exact) mass is 307 g/mol. The van der Waals surface area contributed by atoms with E-state index in [2.05, 4.69) is 4.98 Å². The molecule has 0 bridgehead atoms. The number of carbonyl (C=O) groups is 2. The van der Waals surface area contributed by atoms with Crippen LogP contribution in [-0.4, -0.2) is 23.8 Å². The largest absolute Gasteiger partial charge is 0.366 e. The van der Waals surface area contributed by atoms with Gasteiger partial charge in [-0.2, -0.15) is 0 Å². The number of aromatic nitrogens is 1. The summed E-state index contributed by atoms with van der Waals surface area (Å²) in [4.78, 5) is 28.5. The number of nitrogens with zero attached hydrogens (tertiary/aromatic N) is 2. The van der Waals surface area contributed by atoms with E-state index in [-0.39, 0.29) is 21.8 Å². The van der Waals surface area contributed by atoms with Crippen molar-refractivity contribution in [3.8, 4) is 0 Å². The first-order chi connectivity index (χ1) is 9.93. The molecule has 0 spiro atoms. The molecule has 0 radical (unpaired) electrons. The van der Waals surface area contributed by atoms with Gasteiger partial charge in [-0.1, -0.05) is 17.7 Å². The van der Waals surface area contributed by atoms with E-state index in [0.717, 1.165) is 11.0 Å². The van der Waals surface area contributed by atoms with Gasteiger partial charge in [-0.3, -0.25) is 14.6 Å². The van der Waals surface area contributed by atoms with Crippen LogP contribution in [0.15, 0.2) is 36.7 Å². The number of primary amides is 1. The van der Waals surface area contributed by atoms with Gasteiger partial charge in [0.05, 0.1) is 21.8 Å². The average Bonchev–Trinajstić information content (AvgIpc) is 2.46. The first-order valence-electron chi connectivity index (χ1n) is 5.89. The SMILES string of the molecule is CN(C(=O)c1ccncc1Cl)c1c(F)cccc1C(N)=O. The maximum Gasteiger partial charge on any atom is 0.259 e. The molecule has 0 saturated carbocycles. The highest BCUT2D eigenvalue weighted by Crippen LogP contribution is 2.26. The molecule has 108 valence electrons. The lowest BCUT2D eigenvalue weighted by atomic mass is 10.1. The minimum Gasteiger partial charge on any atom is -0.366 e. The Balaban J connectivity index is 2.50. The summed E-state index contributed by atoms with van der Waals surface area (Å²) in [6.07, 6.45) is 2.70. The van der Waals surface area contributed by atoms with Crippen LogP contribution in [0.25, 0.3) is 0 Å². The van der Waals surface area contributed by atoms with Gasteiger partial charge in [-0.05, 0) is 18.2 Å². The molecule has 21 heavy (non-hydrogen) atoms. The lowest BCUT2D eigenvalue weighted by Crippen LogP contribution is -2.30. The highest BCUT2D eigenvalue weighted by atomic mass is 35.5. The van der Waals surface area contributed by atoms with Crippen molar-refractivity contribution in [3.63, 3.8) is 0 Å². The van der Waals surface area contributed by atoms with Gasteiger partial charge in [0.2, 0.25) is 0 Å². The van der Waals surface area contributed by atoms with Crippen molar-refractivity contribution >= 4 is 29.1 Å². The van der Waals surface area contributed by atoms with Crippen LogP contribution in [0.4, 0.5) is 10.1 Å². The van der Waals surface area contributed by atoms with Crippen LogP contribution in [0.2, 0.25) is 5.02 Å². The van der Waals surface area contributed by atoms with Gasteiger partial charge in [-0.25, -0.2) is 4.39 Å². The van der Waals surface area contributed by atoms with E-state index in [1.165, 1.54) is 37.6 Å². The lowest BCUT2D eigenvalue weighted by molar-refractivity contribution is 0.0991. The molecule has 1 heterocycles. The van der Waals surface area contributed by atoms with Crippen LogP contribution < -0.4 is 10.6 Å². The van der Waals surface area contributed by atoms with Crippen molar-refractivity contribution < 1.29 is 14.0 Å². The van der Waals surface area contributed by atoms with Crippen molar-refractivity contribution in [3.05, 3.63) is 58.6 Å². The van der Waals surface area contributed by atoms with Crippen molar-refractivity contribution in [2.24, 2.45) is 5.73 Å². The zero-order valence-electron chi connectivity index (χ0n) is 11.0. The lowest BCUT2D eigenvalue weighted by Gasteiger charge is -2.20. The summed E-state index contributed by atoms with van der Waals surface area (Å²) < 4.78 is 14.0. The molecule has 0 fully saturated rings. The summed E-state index contributed by atoms with van der Waals surface area (Å²) >= 11 is 5.90. The van der Waals surface area contributed by atoms with Crippen molar-refractivity contribution in [2.45, 2.75) is 0 Å². The summed E-state index contributed by atoms with van der Waals surface area (Å²) in [6, 6.07) is 5.24. The Morgan fingerprint density at radius 1 is 1.29 bits per heavy atom. The average molecular weight is 308 g/mol. The van der Waals surface area contributed by atoms with Crippen molar-refractivity contribution in [1.29, 1.82) is 0 Å². The molecule has 0 atom stereocenters. The van der Waals surface area contributed by atoms with Crippen LogP contribution in [0, 0.1) is 5.82 Å². The predicted octanol–water partition coefficient (Wildman–Crippen LogP) is 2.25. The quantitative estimate of drug-likeness (QED) is 0.945. The molecule has 2 aromatic rings. The number of hydrogen-bond donors (Lipinski definition) is 1. The maximum absolute atomic E-state index is 14.0. The van der Waals surface area contributed by atoms with Gasteiger partial charge in [0.1, 0.15) is 5.82 Å². The third-order valence-corrected chi connectivity index (χ3v) is 3.20. The highest BCUT2D eigenvalue weighted by molar-refractivity contribution is 6.34. The topological polar surface area (TPSA) is 76.3 Å². The van der Waals surface area contributed by atoms with E-state index in [1.807, 2.05) is 0 Å². The van der Waals surface area contributed by atoms with E-state index in [0.29, 0.717) is 0 Å². The summed E-state index contributed by atoms with van der Waals surface area (Å²) in [7, 11) is 1.34. The summed E-state index contributed by atoms with van der Waals surface area (Å²) in [5.41, 5.74) is 5.08. The Morgan fingerprint density at radius 3 is 2.62 bits per heavy atom. The molecule has 0 aliphatic carbocycles.